The van der Waals surface area contributed by atoms with Crippen LogP contribution in [0.3, 0.4) is 0 Å². The van der Waals surface area contributed by atoms with Crippen LogP contribution in [0.1, 0.15) is 5.69 Å². The first-order valence-electron chi connectivity index (χ1n) is 4.07. The number of hydrogen-bond donors (Lipinski definition) is 0. The van der Waals surface area contributed by atoms with Gasteiger partial charge in [0.2, 0.25) is 0 Å². The van der Waals surface area contributed by atoms with Gasteiger partial charge in [0.05, 0.1) is 16.1 Å². The van der Waals surface area contributed by atoms with Crippen LogP contribution in [0, 0.1) is 12.3 Å². The molecule has 0 aliphatic rings. The van der Waals surface area contributed by atoms with Gasteiger partial charge in [0.1, 0.15) is 9.49 Å². The number of halogens is 3. The predicted octanol–water partition coefficient (Wildman–Crippen LogP) is 4.22. The number of aromatic nitrogens is 2. The Hall–Kier alpha value is -0.220. The Bertz CT molecular complexity index is 516. The Morgan fingerprint density at radius 3 is 2.40 bits per heavy atom. The highest BCUT2D eigenvalue weighted by molar-refractivity contribution is 7.15. The summed E-state index contributed by atoms with van der Waals surface area (Å²) in [6.07, 6.45) is 0. The van der Waals surface area contributed by atoms with Crippen LogP contribution >= 0.6 is 46.1 Å². The van der Waals surface area contributed by atoms with Crippen molar-refractivity contribution in [2.45, 2.75) is 6.92 Å². The van der Waals surface area contributed by atoms with Crippen LogP contribution in [0.5, 0.6) is 0 Å². The van der Waals surface area contributed by atoms with E-state index >= 15 is 0 Å². The Morgan fingerprint density at radius 1 is 1.33 bits per heavy atom. The van der Waals surface area contributed by atoms with E-state index in [9.17, 15) is 0 Å². The lowest BCUT2D eigenvalue weighted by atomic mass is 10.1. The summed E-state index contributed by atoms with van der Waals surface area (Å²) in [7, 11) is 1.78. The highest BCUT2D eigenvalue weighted by atomic mass is 35.5. The van der Waals surface area contributed by atoms with Crippen molar-refractivity contribution in [2.24, 2.45) is 7.05 Å². The van der Waals surface area contributed by atoms with Crippen molar-refractivity contribution in [2.75, 3.05) is 0 Å². The fourth-order valence-corrected chi connectivity index (χ4v) is 2.74. The van der Waals surface area contributed by atoms with Crippen LogP contribution in [0.25, 0.3) is 11.1 Å². The van der Waals surface area contributed by atoms with Crippen LogP contribution < -0.4 is 0 Å². The van der Waals surface area contributed by atoms with E-state index in [0.717, 1.165) is 16.8 Å². The molecule has 0 aromatic carbocycles. The summed E-state index contributed by atoms with van der Waals surface area (Å²) in [4.78, 5) is 0. The molecule has 1 radical (unpaired) electrons. The third-order valence-corrected chi connectivity index (χ3v) is 4.17. The summed E-state index contributed by atoms with van der Waals surface area (Å²) in [5.41, 5.74) is 2.34. The maximum atomic E-state index is 6.11. The van der Waals surface area contributed by atoms with Crippen molar-refractivity contribution in [3.8, 4) is 11.1 Å². The molecule has 2 aromatic heterocycles. The molecule has 2 heterocycles. The second-order valence-corrected chi connectivity index (χ2v) is 5.20. The summed E-state index contributed by atoms with van der Waals surface area (Å²) in [6, 6.07) is 0. The minimum absolute atomic E-state index is 0.486. The van der Waals surface area contributed by atoms with E-state index in [4.69, 9.17) is 34.8 Å². The van der Waals surface area contributed by atoms with Gasteiger partial charge in [-0.15, -0.1) is 11.3 Å². The third kappa shape index (κ3) is 1.78. The Labute approximate surface area is 106 Å². The van der Waals surface area contributed by atoms with Crippen molar-refractivity contribution in [3.05, 3.63) is 25.6 Å². The van der Waals surface area contributed by atoms with Gasteiger partial charge in [-0.25, -0.2) is 0 Å². The molecule has 0 aliphatic carbocycles. The highest BCUT2D eigenvalue weighted by Gasteiger charge is 2.19. The van der Waals surface area contributed by atoms with E-state index in [2.05, 4.69) is 10.5 Å². The standard InChI is InChI=1S/C9H6Cl3N2S/c1-4-6(8(11)14(2)13-4)5-3-15-9(12)7(5)10/h1-2H3. The van der Waals surface area contributed by atoms with Crippen molar-refractivity contribution in [1.82, 2.24) is 9.78 Å². The first-order chi connectivity index (χ1) is 7.02. The van der Waals surface area contributed by atoms with Crippen molar-refractivity contribution < 1.29 is 0 Å². The molecule has 0 aliphatic heterocycles. The van der Waals surface area contributed by atoms with E-state index in [-0.39, 0.29) is 0 Å². The zero-order valence-electron chi connectivity index (χ0n) is 7.94. The lowest BCUT2D eigenvalue weighted by Crippen LogP contribution is -1.88. The van der Waals surface area contributed by atoms with E-state index in [1.165, 1.54) is 11.3 Å². The molecule has 15 heavy (non-hydrogen) atoms. The first kappa shape index (κ1) is 11.3. The molecule has 0 spiro atoms. The molecule has 79 valence electrons. The molecule has 6 heteroatoms. The monoisotopic (exact) mass is 279 g/mol. The van der Waals surface area contributed by atoms with Gasteiger partial charge in [0, 0.05) is 18.2 Å². The molecular weight excluding hydrogens is 275 g/mol. The zero-order valence-corrected chi connectivity index (χ0v) is 11.0. The molecule has 2 nitrogen and oxygen atoms in total. The topological polar surface area (TPSA) is 17.8 Å². The molecule has 0 amide bonds. The van der Waals surface area contributed by atoms with Gasteiger partial charge in [-0.3, -0.25) is 4.68 Å². The second kappa shape index (κ2) is 3.98. The van der Waals surface area contributed by atoms with Crippen LogP contribution in [0.4, 0.5) is 0 Å². The summed E-state index contributed by atoms with van der Waals surface area (Å²) >= 11 is 19.3. The maximum Gasteiger partial charge on any atom is 0.134 e. The first-order valence-corrected chi connectivity index (χ1v) is 6.02. The fraction of sp³-hybridized carbons (Fsp3) is 0.222. The normalized spacial score (nSPS) is 11.0. The minimum atomic E-state index is 0.486. The van der Waals surface area contributed by atoms with Gasteiger partial charge < -0.3 is 0 Å². The largest absolute Gasteiger partial charge is 0.256 e. The van der Waals surface area contributed by atoms with Gasteiger partial charge >= 0.3 is 0 Å². The van der Waals surface area contributed by atoms with Gasteiger partial charge in [-0.2, -0.15) is 5.10 Å². The van der Waals surface area contributed by atoms with E-state index < -0.39 is 0 Å². The summed E-state index contributed by atoms with van der Waals surface area (Å²) in [5.74, 6) is 0. The Balaban J connectivity index is 2.68. The molecule has 0 fully saturated rings. The molecule has 0 saturated heterocycles. The number of rotatable bonds is 1. The van der Waals surface area contributed by atoms with Gasteiger partial charge in [-0.1, -0.05) is 34.8 Å². The molecule has 2 rings (SSSR count). The van der Waals surface area contributed by atoms with Crippen LogP contribution in [-0.2, 0) is 7.05 Å². The minimum Gasteiger partial charge on any atom is -0.256 e. The fourth-order valence-electron chi connectivity index (χ4n) is 1.36. The summed E-state index contributed by atoms with van der Waals surface area (Å²) < 4.78 is 2.12. The highest BCUT2D eigenvalue weighted by Crippen LogP contribution is 2.42. The molecule has 0 unspecified atom stereocenters. The lowest BCUT2D eigenvalue weighted by molar-refractivity contribution is 0.757. The van der Waals surface area contributed by atoms with E-state index in [0.29, 0.717) is 14.5 Å². The lowest BCUT2D eigenvalue weighted by Gasteiger charge is -1.97. The maximum absolute atomic E-state index is 6.11. The average Bonchev–Trinajstić information content (AvgIpc) is 2.60. The number of nitrogens with zero attached hydrogens (tertiary/aromatic N) is 2. The molecule has 0 atom stereocenters. The predicted molar refractivity (Wildman–Crippen MR) is 65.1 cm³/mol. The second-order valence-electron chi connectivity index (χ2n) is 3.04. The third-order valence-electron chi connectivity index (χ3n) is 2.04. The zero-order chi connectivity index (χ0) is 11.2. The van der Waals surface area contributed by atoms with E-state index in [1.54, 1.807) is 11.7 Å². The number of thiophene rings is 1. The summed E-state index contributed by atoms with van der Waals surface area (Å²) in [6.45, 7) is 1.87. The smallest absolute Gasteiger partial charge is 0.134 e. The van der Waals surface area contributed by atoms with Crippen molar-refractivity contribution >= 4 is 46.1 Å². The Kier molecular flexibility index (Phi) is 2.99. The molecule has 2 aromatic rings. The van der Waals surface area contributed by atoms with Gasteiger partial charge in [0.25, 0.3) is 0 Å². The Morgan fingerprint density at radius 2 is 2.00 bits per heavy atom. The number of aryl methyl sites for hydroxylation is 2. The number of hydrogen-bond acceptors (Lipinski definition) is 2. The molecular formula is C9H6Cl3N2S. The van der Waals surface area contributed by atoms with Gasteiger partial charge in [-0.05, 0) is 6.92 Å². The van der Waals surface area contributed by atoms with Gasteiger partial charge in [0.15, 0.2) is 0 Å². The average molecular weight is 281 g/mol. The van der Waals surface area contributed by atoms with Crippen molar-refractivity contribution in [3.63, 3.8) is 0 Å². The molecule has 0 saturated carbocycles. The SMILES string of the molecule is Cc1nn(C)c(Cl)c1-c1[c]sc(Cl)c1Cl. The molecule has 0 N–H and O–H groups in total. The van der Waals surface area contributed by atoms with E-state index in [1.807, 2.05) is 6.92 Å². The van der Waals surface area contributed by atoms with Crippen molar-refractivity contribution in [1.29, 1.82) is 0 Å². The van der Waals surface area contributed by atoms with Crippen LogP contribution in [0.2, 0.25) is 14.5 Å². The molecule has 0 bridgehead atoms. The van der Waals surface area contributed by atoms with Crippen LogP contribution in [-0.4, -0.2) is 9.78 Å². The quantitative estimate of drug-likeness (QED) is 0.765. The van der Waals surface area contributed by atoms with Crippen LogP contribution in [0.15, 0.2) is 0 Å². The summed E-state index contributed by atoms with van der Waals surface area (Å²) in [5, 5.41) is 8.26.